The van der Waals surface area contributed by atoms with Crippen LogP contribution in [-0.4, -0.2) is 33.1 Å². The lowest BCUT2D eigenvalue weighted by Gasteiger charge is -2.22. The van der Waals surface area contributed by atoms with Crippen LogP contribution in [0.5, 0.6) is 11.6 Å². The number of rotatable bonds is 5. The van der Waals surface area contributed by atoms with Gasteiger partial charge in [-0.2, -0.15) is 0 Å². The van der Waals surface area contributed by atoms with Crippen LogP contribution in [0.4, 0.5) is 4.39 Å². The number of fused-ring (bicyclic) bond motifs is 1. The fourth-order valence-corrected chi connectivity index (χ4v) is 3.56. The summed E-state index contributed by atoms with van der Waals surface area (Å²) in [5.74, 6) is 1.73. The topological polar surface area (TPSA) is 72.9 Å². The molecule has 0 spiro atoms. The predicted octanol–water partition coefficient (Wildman–Crippen LogP) is 4.66. The average Bonchev–Trinajstić information content (AvgIpc) is 3.17. The summed E-state index contributed by atoms with van der Waals surface area (Å²) in [4.78, 5) is 16.4. The van der Waals surface area contributed by atoms with E-state index in [0.717, 1.165) is 37.3 Å². The Balaban J connectivity index is 1.30. The molecular formula is C23H19FN4O2. The maximum Gasteiger partial charge on any atom is 0.241 e. The molecule has 1 aliphatic rings. The number of halogens is 1. The van der Waals surface area contributed by atoms with E-state index < -0.39 is 0 Å². The van der Waals surface area contributed by atoms with Crippen molar-refractivity contribution in [1.29, 1.82) is 0 Å². The van der Waals surface area contributed by atoms with Crippen LogP contribution in [0.2, 0.25) is 0 Å². The van der Waals surface area contributed by atoms with E-state index >= 15 is 0 Å². The molecule has 0 saturated carbocycles. The smallest absolute Gasteiger partial charge is 0.241 e. The summed E-state index contributed by atoms with van der Waals surface area (Å²) in [6, 6.07) is 11.9. The monoisotopic (exact) mass is 402 g/mol. The minimum Gasteiger partial charge on any atom is -0.437 e. The van der Waals surface area contributed by atoms with Gasteiger partial charge in [0.2, 0.25) is 5.88 Å². The summed E-state index contributed by atoms with van der Waals surface area (Å²) in [6.07, 6.45) is 8.35. The number of H-pyrrole nitrogens is 1. The van der Waals surface area contributed by atoms with Gasteiger partial charge in [-0.1, -0.05) is 12.1 Å². The first-order valence-electron chi connectivity index (χ1n) is 9.83. The fraction of sp³-hybridized carbons (Fsp3) is 0.217. The summed E-state index contributed by atoms with van der Waals surface area (Å²) >= 11 is 0. The number of hydrogen-bond donors (Lipinski definition) is 1. The molecule has 0 amide bonds. The van der Waals surface area contributed by atoms with Crippen LogP contribution >= 0.6 is 0 Å². The van der Waals surface area contributed by atoms with Gasteiger partial charge >= 0.3 is 0 Å². The highest BCUT2D eigenvalue weighted by Crippen LogP contribution is 2.33. The van der Waals surface area contributed by atoms with Crippen molar-refractivity contribution in [1.82, 2.24) is 19.9 Å². The molecule has 2 radical (unpaired) electrons. The number of imidazole rings is 1. The molecule has 0 aliphatic carbocycles. The molecule has 30 heavy (non-hydrogen) atoms. The number of nitrogens with one attached hydrogen (secondary N) is 1. The first-order chi connectivity index (χ1) is 14.7. The number of aromatic nitrogens is 4. The maximum absolute atomic E-state index is 13.3. The second kappa shape index (κ2) is 8.20. The van der Waals surface area contributed by atoms with Crippen LogP contribution in [-0.2, 0) is 4.74 Å². The molecule has 6 nitrogen and oxygen atoms in total. The zero-order chi connectivity index (χ0) is 20.3. The zero-order valence-corrected chi connectivity index (χ0v) is 16.1. The molecule has 2 aromatic heterocycles. The molecule has 3 heterocycles. The highest BCUT2D eigenvalue weighted by molar-refractivity contribution is 5.75. The molecule has 1 N–H and O–H groups in total. The van der Waals surface area contributed by atoms with Gasteiger partial charge in [-0.05, 0) is 48.7 Å². The Bertz CT molecular complexity index is 1150. The minimum absolute atomic E-state index is 0.293. The van der Waals surface area contributed by atoms with Gasteiger partial charge < -0.3 is 14.5 Å². The van der Waals surface area contributed by atoms with Crippen molar-refractivity contribution in [2.75, 3.05) is 13.2 Å². The van der Waals surface area contributed by atoms with Gasteiger partial charge in [-0.3, -0.25) is 4.98 Å². The Kier molecular flexibility index (Phi) is 5.11. The number of nitrogens with zero attached hydrogens (tertiary/aromatic N) is 3. The molecule has 5 rings (SSSR count). The molecule has 0 bridgehead atoms. The lowest BCUT2D eigenvalue weighted by atomic mass is 9.96. The van der Waals surface area contributed by atoms with Crippen molar-refractivity contribution in [3.63, 3.8) is 0 Å². The van der Waals surface area contributed by atoms with Gasteiger partial charge in [0.1, 0.15) is 23.1 Å². The van der Waals surface area contributed by atoms with E-state index in [1.54, 1.807) is 18.5 Å². The summed E-state index contributed by atoms with van der Waals surface area (Å²) in [5, 5.41) is 0. The third kappa shape index (κ3) is 4.02. The molecular weight excluding hydrogens is 383 g/mol. The van der Waals surface area contributed by atoms with Gasteiger partial charge in [0, 0.05) is 31.5 Å². The number of aromatic amines is 1. The lowest BCUT2D eigenvalue weighted by Crippen LogP contribution is -2.16. The highest BCUT2D eigenvalue weighted by Gasteiger charge is 2.22. The second-order valence-electron chi connectivity index (χ2n) is 7.13. The number of ether oxygens (including phenoxy) is 2. The van der Waals surface area contributed by atoms with Gasteiger partial charge in [0.25, 0.3) is 0 Å². The van der Waals surface area contributed by atoms with Crippen molar-refractivity contribution < 1.29 is 13.9 Å². The number of benzene rings is 2. The van der Waals surface area contributed by atoms with Crippen molar-refractivity contribution in [2.24, 2.45) is 0 Å². The zero-order valence-electron chi connectivity index (χ0n) is 16.1. The summed E-state index contributed by atoms with van der Waals surface area (Å²) in [5.41, 5.74) is 3.03. The molecule has 0 atom stereocenters. The number of hydrogen-bond acceptors (Lipinski definition) is 5. The maximum atomic E-state index is 13.3. The van der Waals surface area contributed by atoms with Crippen LogP contribution in [0.25, 0.3) is 11.0 Å². The quantitative estimate of drug-likeness (QED) is 0.526. The standard InChI is InChI=1S/C23H19FN4O2/c24-17-3-6-19-20(14-17)28-21(27-19)13-15-1-4-18(5-2-15)30-23-22(25-9-10-26-23)16-7-11-29-12-8-16/h1-6,9-10,14,16H,7-8,11-12H2,(H,27,28). The van der Waals surface area contributed by atoms with Crippen molar-refractivity contribution in [3.05, 3.63) is 84.2 Å². The SMILES string of the molecule is Fc1ccc2nc([C]c3ccc(Oc4nccnc4C4CCOCC4)cc3)[nH]c2c1. The van der Waals surface area contributed by atoms with Crippen LogP contribution in [0.3, 0.4) is 0 Å². The Morgan fingerprint density at radius 3 is 2.67 bits per heavy atom. The third-order valence-electron chi connectivity index (χ3n) is 5.07. The van der Waals surface area contributed by atoms with E-state index in [1.807, 2.05) is 24.3 Å². The Hall–Kier alpha value is -3.32. The van der Waals surface area contributed by atoms with Gasteiger partial charge in [-0.15, -0.1) is 0 Å². The average molecular weight is 402 g/mol. The first-order valence-corrected chi connectivity index (χ1v) is 9.83. The summed E-state index contributed by atoms with van der Waals surface area (Å²) < 4.78 is 24.8. The van der Waals surface area contributed by atoms with E-state index in [2.05, 4.69) is 26.4 Å². The van der Waals surface area contributed by atoms with Gasteiger partial charge in [-0.25, -0.2) is 14.4 Å². The minimum atomic E-state index is -0.302. The Morgan fingerprint density at radius 1 is 1.03 bits per heavy atom. The summed E-state index contributed by atoms with van der Waals surface area (Å²) in [6.45, 7) is 1.46. The second-order valence-corrected chi connectivity index (χ2v) is 7.13. The molecule has 4 aromatic rings. The Morgan fingerprint density at radius 2 is 1.83 bits per heavy atom. The molecule has 7 heteroatoms. The van der Waals surface area contributed by atoms with Crippen LogP contribution in [0, 0.1) is 12.2 Å². The Labute approximate surface area is 173 Å². The normalized spacial score (nSPS) is 14.8. The van der Waals surface area contributed by atoms with Crippen LogP contribution in [0.1, 0.15) is 35.8 Å². The van der Waals surface area contributed by atoms with E-state index in [-0.39, 0.29) is 5.82 Å². The largest absolute Gasteiger partial charge is 0.437 e. The molecule has 1 aliphatic heterocycles. The van der Waals surface area contributed by atoms with Gasteiger partial charge in [0.15, 0.2) is 0 Å². The molecule has 2 aromatic carbocycles. The molecule has 0 unspecified atom stereocenters. The molecule has 1 saturated heterocycles. The fourth-order valence-electron chi connectivity index (χ4n) is 3.56. The van der Waals surface area contributed by atoms with E-state index in [4.69, 9.17) is 9.47 Å². The van der Waals surface area contributed by atoms with Crippen molar-refractivity contribution in [2.45, 2.75) is 18.8 Å². The van der Waals surface area contributed by atoms with Crippen LogP contribution in [0.15, 0.2) is 54.9 Å². The molecule has 1 fully saturated rings. The lowest BCUT2D eigenvalue weighted by molar-refractivity contribution is 0.0839. The first kappa shape index (κ1) is 18.7. The molecule has 150 valence electrons. The van der Waals surface area contributed by atoms with Crippen molar-refractivity contribution in [3.8, 4) is 11.6 Å². The van der Waals surface area contributed by atoms with Crippen molar-refractivity contribution >= 4 is 11.0 Å². The van der Waals surface area contributed by atoms with E-state index in [9.17, 15) is 4.39 Å². The van der Waals surface area contributed by atoms with Crippen LogP contribution < -0.4 is 4.74 Å². The summed E-state index contributed by atoms with van der Waals surface area (Å²) in [7, 11) is 0. The van der Waals surface area contributed by atoms with Gasteiger partial charge in [0.05, 0.1) is 17.5 Å². The highest BCUT2D eigenvalue weighted by atomic mass is 19.1. The van der Waals surface area contributed by atoms with E-state index in [0.29, 0.717) is 34.4 Å². The van der Waals surface area contributed by atoms with E-state index in [1.165, 1.54) is 12.1 Å². The third-order valence-corrected chi connectivity index (χ3v) is 5.07. The predicted molar refractivity (Wildman–Crippen MR) is 109 cm³/mol.